The zero-order valence-electron chi connectivity index (χ0n) is 40.4. The number of carbonyl (C=O) groups excluding carboxylic acids is 3. The molecule has 0 bridgehead atoms. The Morgan fingerprint density at radius 3 is 1.21 bits per heavy atom. The van der Waals surface area contributed by atoms with Gasteiger partial charge in [-0.05, 0) is 70.6 Å². The number of ether oxygens (including phenoxy) is 3. The number of rotatable bonds is 45. The first-order valence-corrected chi connectivity index (χ1v) is 25.6. The Balaban J connectivity index is 4.45. The van der Waals surface area contributed by atoms with Gasteiger partial charge < -0.3 is 14.2 Å². The van der Waals surface area contributed by atoms with Gasteiger partial charge in [0.15, 0.2) is 6.10 Å². The summed E-state index contributed by atoms with van der Waals surface area (Å²) in [6, 6.07) is 0. The van der Waals surface area contributed by atoms with Gasteiger partial charge in [0.05, 0.1) is 0 Å². The molecule has 1 atom stereocenters. The van der Waals surface area contributed by atoms with E-state index in [2.05, 4.69) is 106 Å². The molecule has 62 heavy (non-hydrogen) atoms. The van der Waals surface area contributed by atoms with Gasteiger partial charge in [0, 0.05) is 19.3 Å². The summed E-state index contributed by atoms with van der Waals surface area (Å²) in [7, 11) is 0. The lowest BCUT2D eigenvalue weighted by molar-refractivity contribution is -0.167. The van der Waals surface area contributed by atoms with Crippen molar-refractivity contribution in [2.45, 2.75) is 239 Å². The highest BCUT2D eigenvalue weighted by Gasteiger charge is 2.19. The van der Waals surface area contributed by atoms with E-state index in [1.54, 1.807) is 0 Å². The molecule has 0 aliphatic rings. The molecule has 0 spiro atoms. The third-order valence-corrected chi connectivity index (χ3v) is 10.7. The van der Waals surface area contributed by atoms with Crippen molar-refractivity contribution < 1.29 is 28.6 Å². The summed E-state index contributed by atoms with van der Waals surface area (Å²) in [5, 5.41) is 0. The van der Waals surface area contributed by atoms with Crippen LogP contribution in [-0.2, 0) is 28.6 Å². The summed E-state index contributed by atoms with van der Waals surface area (Å²) in [5.74, 6) is -0.980. The van der Waals surface area contributed by atoms with Crippen LogP contribution in [0, 0.1) is 0 Å². The Bertz CT molecular complexity index is 1220. The van der Waals surface area contributed by atoms with Gasteiger partial charge in [-0.2, -0.15) is 0 Å². The highest BCUT2D eigenvalue weighted by atomic mass is 16.6. The van der Waals surface area contributed by atoms with Crippen LogP contribution in [-0.4, -0.2) is 37.2 Å². The van der Waals surface area contributed by atoms with Crippen LogP contribution in [0.2, 0.25) is 0 Å². The lowest BCUT2D eigenvalue weighted by atomic mass is 10.0. The van der Waals surface area contributed by atoms with Crippen molar-refractivity contribution in [3.8, 4) is 0 Å². The van der Waals surface area contributed by atoms with E-state index in [-0.39, 0.29) is 37.5 Å². The molecule has 0 fully saturated rings. The van der Waals surface area contributed by atoms with E-state index in [1.165, 1.54) is 96.3 Å². The number of allylic oxidation sites excluding steroid dienone is 14. The van der Waals surface area contributed by atoms with Gasteiger partial charge in [-0.15, -0.1) is 0 Å². The minimum Gasteiger partial charge on any atom is -0.462 e. The van der Waals surface area contributed by atoms with Gasteiger partial charge in [-0.25, -0.2) is 0 Å². The monoisotopic (exact) mass is 863 g/mol. The van der Waals surface area contributed by atoms with Crippen LogP contribution in [0.4, 0.5) is 0 Å². The van der Waals surface area contributed by atoms with Crippen molar-refractivity contribution >= 4 is 17.9 Å². The maximum Gasteiger partial charge on any atom is 0.306 e. The largest absolute Gasteiger partial charge is 0.462 e. The molecule has 0 saturated carbocycles. The predicted octanol–water partition coefficient (Wildman–Crippen LogP) is 16.8. The summed E-state index contributed by atoms with van der Waals surface area (Å²) in [5.41, 5.74) is 0. The van der Waals surface area contributed by atoms with E-state index in [0.29, 0.717) is 19.3 Å². The first kappa shape index (κ1) is 58.6. The van der Waals surface area contributed by atoms with Gasteiger partial charge >= 0.3 is 17.9 Å². The molecule has 354 valence electrons. The van der Waals surface area contributed by atoms with E-state index in [0.717, 1.165) is 89.9 Å². The number of esters is 3. The third kappa shape index (κ3) is 47.6. The van der Waals surface area contributed by atoms with Gasteiger partial charge in [0.2, 0.25) is 0 Å². The molecule has 0 aliphatic heterocycles. The molecule has 0 radical (unpaired) electrons. The predicted molar refractivity (Wildman–Crippen MR) is 265 cm³/mol. The maximum absolute atomic E-state index is 12.8. The summed E-state index contributed by atoms with van der Waals surface area (Å²) in [4.78, 5) is 37.9. The Labute approximate surface area is 382 Å². The zero-order chi connectivity index (χ0) is 45.1. The van der Waals surface area contributed by atoms with Crippen LogP contribution in [0.3, 0.4) is 0 Å². The van der Waals surface area contributed by atoms with E-state index < -0.39 is 6.10 Å². The number of hydrogen-bond donors (Lipinski definition) is 0. The van der Waals surface area contributed by atoms with Crippen LogP contribution >= 0.6 is 0 Å². The summed E-state index contributed by atoms with van der Waals surface area (Å²) < 4.78 is 16.7. The van der Waals surface area contributed by atoms with Crippen molar-refractivity contribution in [2.75, 3.05) is 13.2 Å². The second kappa shape index (κ2) is 50.2. The van der Waals surface area contributed by atoms with Crippen LogP contribution in [0.5, 0.6) is 0 Å². The Kier molecular flexibility index (Phi) is 47.5. The van der Waals surface area contributed by atoms with Crippen molar-refractivity contribution in [3.63, 3.8) is 0 Å². The second-order valence-electron chi connectivity index (χ2n) is 16.8. The average Bonchev–Trinajstić information content (AvgIpc) is 3.27. The van der Waals surface area contributed by atoms with Crippen LogP contribution in [0.25, 0.3) is 0 Å². The number of unbranched alkanes of at least 4 members (excludes halogenated alkanes) is 23. The number of hydrogen-bond acceptors (Lipinski definition) is 6. The first-order chi connectivity index (χ1) is 30.5. The molecule has 6 nitrogen and oxygen atoms in total. The molecule has 0 amide bonds. The topological polar surface area (TPSA) is 78.9 Å². The van der Waals surface area contributed by atoms with Crippen LogP contribution in [0.15, 0.2) is 85.1 Å². The number of carbonyl (C=O) groups is 3. The quantitative estimate of drug-likeness (QED) is 0.0199. The van der Waals surface area contributed by atoms with Gasteiger partial charge in [0.25, 0.3) is 0 Å². The van der Waals surface area contributed by atoms with Gasteiger partial charge in [0.1, 0.15) is 13.2 Å². The molecule has 0 aliphatic carbocycles. The van der Waals surface area contributed by atoms with Crippen molar-refractivity contribution in [1.82, 2.24) is 0 Å². The molecule has 0 saturated heterocycles. The van der Waals surface area contributed by atoms with Gasteiger partial charge in [-0.1, -0.05) is 228 Å². The average molecular weight is 863 g/mol. The molecule has 0 rings (SSSR count). The van der Waals surface area contributed by atoms with E-state index in [4.69, 9.17) is 14.2 Å². The zero-order valence-corrected chi connectivity index (χ0v) is 40.4. The fourth-order valence-corrected chi connectivity index (χ4v) is 6.89. The molecule has 0 heterocycles. The van der Waals surface area contributed by atoms with Crippen LogP contribution in [0.1, 0.15) is 233 Å². The Hall–Kier alpha value is -3.41. The maximum atomic E-state index is 12.8. The van der Waals surface area contributed by atoms with Crippen molar-refractivity contribution in [2.24, 2.45) is 0 Å². The van der Waals surface area contributed by atoms with E-state index in [9.17, 15) is 14.4 Å². The lowest BCUT2D eigenvalue weighted by Gasteiger charge is -2.18. The normalized spacial score (nSPS) is 12.8. The molecular formula is C56H94O6. The van der Waals surface area contributed by atoms with Crippen LogP contribution < -0.4 is 0 Å². The van der Waals surface area contributed by atoms with Crippen molar-refractivity contribution in [1.29, 1.82) is 0 Å². The summed E-state index contributed by atoms with van der Waals surface area (Å²) >= 11 is 0. The molecule has 0 aromatic rings. The minimum atomic E-state index is -0.804. The molecular weight excluding hydrogens is 769 g/mol. The SMILES string of the molecule is CC/C=C\C/C=C\C/C=C\CCCC(=O)OCC(COC(=O)CCCCCCC\C=C/C=C\C=C/C=C\CCCCC)OC(=O)CCCCCCCCCCCCCCCCC. The smallest absolute Gasteiger partial charge is 0.306 e. The van der Waals surface area contributed by atoms with E-state index >= 15 is 0 Å². The van der Waals surface area contributed by atoms with Crippen molar-refractivity contribution in [3.05, 3.63) is 85.1 Å². The molecule has 6 heteroatoms. The second-order valence-corrected chi connectivity index (χ2v) is 16.8. The summed E-state index contributed by atoms with van der Waals surface area (Å²) in [6.07, 6.45) is 64.3. The fourth-order valence-electron chi connectivity index (χ4n) is 6.89. The molecule has 0 aromatic heterocycles. The molecule has 1 unspecified atom stereocenters. The Morgan fingerprint density at radius 2 is 0.710 bits per heavy atom. The fraction of sp³-hybridized carbons (Fsp3) is 0.696. The standard InChI is InChI=1S/C56H94O6/c1-4-7-10-13-16-19-22-24-26-27-28-30-31-34-37-40-43-46-49-55(58)61-52-53(51-60-54(57)48-45-42-39-36-33-21-18-15-12-9-6-3)62-56(59)50-47-44-41-38-35-32-29-25-23-20-17-14-11-8-5-2/h9,12,16,18-19,21-22,24,26-28,30,36,39,53H,4-8,10-11,13-15,17,20,23,25,29,31-35,37-38,40-52H2,1-3H3/b12-9-,19-16-,21-18-,24-22-,27-26-,30-28-,39-36-. The van der Waals surface area contributed by atoms with E-state index in [1.807, 2.05) is 0 Å². The molecule has 0 aromatic carbocycles. The lowest BCUT2D eigenvalue weighted by Crippen LogP contribution is -2.30. The Morgan fingerprint density at radius 1 is 0.355 bits per heavy atom. The first-order valence-electron chi connectivity index (χ1n) is 25.6. The van der Waals surface area contributed by atoms with Gasteiger partial charge in [-0.3, -0.25) is 14.4 Å². The minimum absolute atomic E-state index is 0.104. The summed E-state index contributed by atoms with van der Waals surface area (Å²) in [6.45, 7) is 6.41. The highest BCUT2D eigenvalue weighted by molar-refractivity contribution is 5.71. The molecule has 0 N–H and O–H groups in total. The third-order valence-electron chi connectivity index (χ3n) is 10.7. The highest BCUT2D eigenvalue weighted by Crippen LogP contribution is 2.15.